The highest BCUT2D eigenvalue weighted by atomic mass is 17.4. The minimum atomic E-state index is -2.18. The van der Waals surface area contributed by atoms with E-state index < -0.39 is 23.1 Å². The molecule has 0 aromatic rings. The summed E-state index contributed by atoms with van der Waals surface area (Å²) in [6, 6.07) is 0. The summed E-state index contributed by atoms with van der Waals surface area (Å²) in [6.07, 6.45) is 0. The van der Waals surface area contributed by atoms with Crippen LogP contribution in [-0.4, -0.2) is 33.7 Å². The van der Waals surface area contributed by atoms with E-state index in [2.05, 4.69) is 19.6 Å². The third-order valence-corrected chi connectivity index (χ3v) is 1.56. The van der Waals surface area contributed by atoms with Gasteiger partial charge < -0.3 is 0 Å². The van der Waals surface area contributed by atoms with Crippen molar-refractivity contribution in [2.75, 3.05) is 0 Å². The molecule has 0 spiro atoms. The highest BCUT2D eigenvalue weighted by Gasteiger charge is 2.41. The lowest BCUT2D eigenvalue weighted by molar-refractivity contribution is -0.696. The van der Waals surface area contributed by atoms with E-state index in [1.807, 2.05) is 0 Å². The van der Waals surface area contributed by atoms with Gasteiger partial charge in [0, 0.05) is 13.8 Å². The van der Waals surface area contributed by atoms with Gasteiger partial charge in [0.25, 0.3) is 0 Å². The Balaban J connectivity index is 4.60. The molecular formula is C12H26O10. The van der Waals surface area contributed by atoms with Gasteiger partial charge in [0.2, 0.25) is 0 Å². The van der Waals surface area contributed by atoms with Crippen LogP contribution >= 0.6 is 0 Å². The van der Waals surface area contributed by atoms with Crippen molar-refractivity contribution in [3.63, 3.8) is 0 Å². The molecule has 10 heteroatoms. The Kier molecular flexibility index (Phi) is 7.78. The molecule has 2 unspecified atom stereocenters. The van der Waals surface area contributed by atoms with Gasteiger partial charge in [-0.05, 0) is 41.5 Å². The molecule has 0 aromatic heterocycles. The van der Waals surface area contributed by atoms with Crippen LogP contribution in [0.4, 0.5) is 0 Å². The maximum absolute atomic E-state index is 8.83. The number of hydrogen-bond acceptors (Lipinski definition) is 10. The maximum Gasteiger partial charge on any atom is 0.362 e. The van der Waals surface area contributed by atoms with Crippen LogP contribution in [0.25, 0.3) is 0 Å². The third kappa shape index (κ3) is 9.58. The van der Waals surface area contributed by atoms with Crippen molar-refractivity contribution in [2.45, 2.75) is 78.5 Å². The Hall–Kier alpha value is -0.400. The lowest BCUT2D eigenvalue weighted by Crippen LogP contribution is -2.44. The molecule has 0 aliphatic rings. The topological polar surface area (TPSA) is 114 Å². The maximum atomic E-state index is 8.83. The van der Waals surface area contributed by atoms with Crippen LogP contribution in [0, 0.1) is 0 Å². The van der Waals surface area contributed by atoms with Crippen LogP contribution in [0.3, 0.4) is 0 Å². The van der Waals surface area contributed by atoms with Crippen molar-refractivity contribution in [3.05, 3.63) is 0 Å². The summed E-state index contributed by atoms with van der Waals surface area (Å²) in [7, 11) is 0. The fourth-order valence-electron chi connectivity index (χ4n) is 0.641. The van der Waals surface area contributed by atoms with Gasteiger partial charge >= 0.3 is 11.9 Å². The van der Waals surface area contributed by atoms with E-state index in [9.17, 15) is 0 Å². The van der Waals surface area contributed by atoms with Gasteiger partial charge in [-0.25, -0.2) is 20.3 Å². The van der Waals surface area contributed by atoms with Crippen LogP contribution in [0.2, 0.25) is 0 Å². The molecule has 0 aliphatic carbocycles. The molecular weight excluding hydrogens is 304 g/mol. The first-order chi connectivity index (χ1) is 9.74. The summed E-state index contributed by atoms with van der Waals surface area (Å²) >= 11 is 0. The normalized spacial score (nSPS) is 18.8. The summed E-state index contributed by atoms with van der Waals surface area (Å²) in [5.41, 5.74) is -1.43. The standard InChI is InChI=1S/C12H26O10/c1-9(2,3)17-19-11(7,15-13)21-22-12(8,16-14)20-18-10(4,5)6/h13-14H,1-8H3. The zero-order valence-corrected chi connectivity index (χ0v) is 14.2. The monoisotopic (exact) mass is 330 g/mol. The molecule has 0 aliphatic heterocycles. The lowest BCUT2D eigenvalue weighted by atomic mass is 10.2. The van der Waals surface area contributed by atoms with E-state index in [1.165, 1.54) is 0 Å². The van der Waals surface area contributed by atoms with Gasteiger partial charge in [-0.15, -0.1) is 0 Å². The molecule has 10 nitrogen and oxygen atoms in total. The molecule has 0 rings (SSSR count). The second-order valence-corrected chi connectivity index (χ2v) is 6.63. The molecule has 0 amide bonds. The minimum Gasteiger partial charge on any atom is -0.246 e. The van der Waals surface area contributed by atoms with Gasteiger partial charge in [0.05, 0.1) is 11.2 Å². The lowest BCUT2D eigenvalue weighted by Gasteiger charge is -2.31. The van der Waals surface area contributed by atoms with Crippen LogP contribution in [0.15, 0.2) is 0 Å². The summed E-state index contributed by atoms with van der Waals surface area (Å²) in [6.45, 7) is 12.4. The van der Waals surface area contributed by atoms with E-state index in [4.69, 9.17) is 30.1 Å². The van der Waals surface area contributed by atoms with Crippen LogP contribution in [0.1, 0.15) is 55.4 Å². The van der Waals surface area contributed by atoms with Crippen LogP contribution in [-0.2, 0) is 39.1 Å². The Bertz CT molecular complexity index is 291. The average molecular weight is 330 g/mol. The molecule has 0 saturated heterocycles. The Morgan fingerprint density at radius 3 is 0.864 bits per heavy atom. The highest BCUT2D eigenvalue weighted by molar-refractivity contribution is 4.56. The SMILES string of the molecule is CC(C)(C)OOC(C)(OO)OOC(C)(OO)OOC(C)(C)C. The first-order valence-corrected chi connectivity index (χ1v) is 6.50. The van der Waals surface area contributed by atoms with Gasteiger partial charge in [0.1, 0.15) is 0 Å². The van der Waals surface area contributed by atoms with E-state index in [0.29, 0.717) is 0 Å². The van der Waals surface area contributed by atoms with Crippen molar-refractivity contribution in [2.24, 2.45) is 0 Å². The molecule has 0 aromatic carbocycles. The van der Waals surface area contributed by atoms with E-state index in [0.717, 1.165) is 13.8 Å². The van der Waals surface area contributed by atoms with E-state index in [1.54, 1.807) is 41.5 Å². The molecule has 2 N–H and O–H groups in total. The van der Waals surface area contributed by atoms with Gasteiger partial charge in [-0.2, -0.15) is 29.3 Å². The highest BCUT2D eigenvalue weighted by Crippen LogP contribution is 2.24. The Morgan fingerprint density at radius 1 is 0.455 bits per heavy atom. The molecule has 22 heavy (non-hydrogen) atoms. The zero-order chi connectivity index (χ0) is 17.7. The van der Waals surface area contributed by atoms with Gasteiger partial charge in [0.15, 0.2) is 0 Å². The molecule has 134 valence electrons. The molecule has 0 radical (unpaired) electrons. The van der Waals surface area contributed by atoms with Gasteiger partial charge in [-0.1, -0.05) is 0 Å². The Morgan fingerprint density at radius 2 is 0.682 bits per heavy atom. The first-order valence-electron chi connectivity index (χ1n) is 6.50. The predicted octanol–water partition coefficient (Wildman–Crippen LogP) is 2.75. The molecule has 0 heterocycles. The molecule has 2 atom stereocenters. The van der Waals surface area contributed by atoms with Crippen molar-refractivity contribution in [3.8, 4) is 0 Å². The molecule has 0 bridgehead atoms. The van der Waals surface area contributed by atoms with Crippen LogP contribution < -0.4 is 0 Å². The fourth-order valence-corrected chi connectivity index (χ4v) is 0.641. The van der Waals surface area contributed by atoms with Crippen molar-refractivity contribution in [1.82, 2.24) is 0 Å². The predicted molar refractivity (Wildman–Crippen MR) is 70.3 cm³/mol. The minimum absolute atomic E-state index is 0.716. The summed E-state index contributed by atoms with van der Waals surface area (Å²) in [4.78, 5) is 36.8. The van der Waals surface area contributed by atoms with Crippen molar-refractivity contribution in [1.29, 1.82) is 0 Å². The quantitative estimate of drug-likeness (QED) is 0.371. The smallest absolute Gasteiger partial charge is 0.246 e. The number of hydrogen-bond donors (Lipinski definition) is 2. The Labute approximate surface area is 129 Å². The van der Waals surface area contributed by atoms with Gasteiger partial charge in [-0.3, -0.25) is 0 Å². The second-order valence-electron chi connectivity index (χ2n) is 6.63. The fraction of sp³-hybridized carbons (Fsp3) is 1.00. The largest absolute Gasteiger partial charge is 0.362 e. The first kappa shape index (κ1) is 21.6. The third-order valence-electron chi connectivity index (χ3n) is 1.56. The van der Waals surface area contributed by atoms with E-state index in [-0.39, 0.29) is 0 Å². The second kappa shape index (κ2) is 7.93. The summed E-state index contributed by atoms with van der Waals surface area (Å²) < 4.78 is 0. The zero-order valence-electron chi connectivity index (χ0n) is 14.2. The van der Waals surface area contributed by atoms with Crippen LogP contribution in [0.5, 0.6) is 0 Å². The van der Waals surface area contributed by atoms with Crippen molar-refractivity contribution < 1.29 is 49.6 Å². The van der Waals surface area contributed by atoms with Crippen molar-refractivity contribution >= 4 is 0 Å². The van der Waals surface area contributed by atoms with E-state index >= 15 is 0 Å². The number of rotatable bonds is 9. The average Bonchev–Trinajstić information content (AvgIpc) is 2.39. The molecule has 0 saturated carbocycles. The summed E-state index contributed by atoms with van der Waals surface area (Å²) in [5, 5.41) is 17.7. The molecule has 0 fully saturated rings. The summed E-state index contributed by atoms with van der Waals surface area (Å²) in [5.74, 6) is -4.36.